The Morgan fingerprint density at radius 2 is 1.84 bits per heavy atom. The molecule has 2 aliphatic rings. The van der Waals surface area contributed by atoms with Crippen LogP contribution in [0.2, 0.25) is 0 Å². The lowest BCUT2D eigenvalue weighted by Crippen LogP contribution is -2.43. The average molecular weight is 430 g/mol. The van der Waals surface area contributed by atoms with Crippen LogP contribution >= 0.6 is 0 Å². The van der Waals surface area contributed by atoms with Gasteiger partial charge in [-0.05, 0) is 54.8 Å². The van der Waals surface area contributed by atoms with Crippen LogP contribution in [0.3, 0.4) is 0 Å². The van der Waals surface area contributed by atoms with Crippen LogP contribution in [0, 0.1) is 17.1 Å². The van der Waals surface area contributed by atoms with Crippen molar-refractivity contribution in [3.63, 3.8) is 0 Å². The van der Waals surface area contributed by atoms with Gasteiger partial charge in [0.1, 0.15) is 11.6 Å². The summed E-state index contributed by atoms with van der Waals surface area (Å²) in [5.74, 6) is 0.713. The molecule has 2 aromatic carbocycles. The molecule has 2 fully saturated rings. The highest BCUT2D eigenvalue weighted by Crippen LogP contribution is 2.48. The monoisotopic (exact) mass is 429 g/mol. The summed E-state index contributed by atoms with van der Waals surface area (Å²) < 4.78 is 14.7. The Hall–Kier alpha value is -3.70. The number of hydrogen-bond acceptors (Lipinski definition) is 7. The summed E-state index contributed by atoms with van der Waals surface area (Å²) in [4.78, 5) is 10.8. The van der Waals surface area contributed by atoms with Gasteiger partial charge in [-0.25, -0.2) is 9.37 Å². The van der Waals surface area contributed by atoms with Gasteiger partial charge in [0.15, 0.2) is 0 Å². The second kappa shape index (κ2) is 8.44. The van der Waals surface area contributed by atoms with Gasteiger partial charge >= 0.3 is 0 Å². The van der Waals surface area contributed by atoms with Crippen LogP contribution in [0.1, 0.15) is 18.4 Å². The lowest BCUT2D eigenvalue weighted by atomic mass is 9.97. The molecule has 1 saturated carbocycles. The topological polar surface area (TPSA) is 88.9 Å². The highest BCUT2D eigenvalue weighted by molar-refractivity contribution is 5.63. The van der Waals surface area contributed by atoms with E-state index in [-0.39, 0.29) is 11.2 Å². The maximum Gasteiger partial charge on any atom is 0.229 e. The predicted molar refractivity (Wildman–Crippen MR) is 123 cm³/mol. The minimum atomic E-state index is -0.336. The Labute approximate surface area is 186 Å². The van der Waals surface area contributed by atoms with E-state index in [0.717, 1.165) is 50.3 Å². The first-order chi connectivity index (χ1) is 15.6. The number of nitriles is 1. The van der Waals surface area contributed by atoms with Crippen molar-refractivity contribution in [2.45, 2.75) is 18.3 Å². The van der Waals surface area contributed by atoms with Crippen molar-refractivity contribution in [1.29, 1.82) is 5.26 Å². The van der Waals surface area contributed by atoms with Crippen molar-refractivity contribution in [2.75, 3.05) is 41.7 Å². The molecule has 0 unspecified atom stereocenters. The largest absolute Gasteiger partial charge is 0.367 e. The summed E-state index contributed by atoms with van der Waals surface area (Å²) in [5, 5.41) is 19.1. The summed E-state index contributed by atoms with van der Waals surface area (Å²) in [6.45, 7) is 3.29. The first kappa shape index (κ1) is 20.2. The zero-order valence-electron chi connectivity index (χ0n) is 17.6. The van der Waals surface area contributed by atoms with Gasteiger partial charge in [-0.3, -0.25) is 0 Å². The van der Waals surface area contributed by atoms with Crippen LogP contribution in [0.4, 0.5) is 33.2 Å². The lowest BCUT2D eigenvalue weighted by Gasteiger charge is -2.29. The van der Waals surface area contributed by atoms with Crippen LogP contribution in [-0.4, -0.2) is 36.1 Å². The summed E-state index contributed by atoms with van der Waals surface area (Å²) in [7, 11) is 0. The summed E-state index contributed by atoms with van der Waals surface area (Å²) in [6, 6.07) is 17.2. The predicted octanol–water partition coefficient (Wildman–Crippen LogP) is 4.07. The molecule has 3 aromatic rings. The molecule has 3 N–H and O–H groups in total. The molecular weight excluding hydrogens is 405 g/mol. The van der Waals surface area contributed by atoms with E-state index in [9.17, 15) is 9.65 Å². The van der Waals surface area contributed by atoms with E-state index in [1.165, 1.54) is 6.07 Å². The van der Waals surface area contributed by atoms with Gasteiger partial charge in [-0.15, -0.1) is 0 Å². The van der Waals surface area contributed by atoms with E-state index in [0.29, 0.717) is 23.1 Å². The zero-order valence-corrected chi connectivity index (χ0v) is 17.6. The number of piperazine rings is 1. The fraction of sp³-hybridized carbons (Fsp3) is 0.292. The van der Waals surface area contributed by atoms with E-state index in [1.807, 2.05) is 35.2 Å². The van der Waals surface area contributed by atoms with Gasteiger partial charge in [-0.2, -0.15) is 10.2 Å². The molecule has 5 rings (SSSR count). The van der Waals surface area contributed by atoms with E-state index < -0.39 is 0 Å². The smallest absolute Gasteiger partial charge is 0.229 e. The Morgan fingerprint density at radius 1 is 1.03 bits per heavy atom. The van der Waals surface area contributed by atoms with Crippen molar-refractivity contribution in [3.8, 4) is 6.07 Å². The maximum atomic E-state index is 14.7. The minimum Gasteiger partial charge on any atom is -0.367 e. The number of hydrogen-bond donors (Lipinski definition) is 3. The fourth-order valence-electron chi connectivity index (χ4n) is 4.00. The van der Waals surface area contributed by atoms with E-state index >= 15 is 0 Å². The molecule has 0 spiro atoms. The molecule has 1 aromatic heterocycles. The molecule has 0 bridgehead atoms. The Balaban J connectivity index is 1.29. The van der Waals surface area contributed by atoms with Gasteiger partial charge in [0.25, 0.3) is 0 Å². The van der Waals surface area contributed by atoms with E-state index in [1.54, 1.807) is 18.3 Å². The van der Waals surface area contributed by atoms with Crippen LogP contribution in [-0.2, 0) is 5.41 Å². The number of benzene rings is 2. The third kappa shape index (κ3) is 4.20. The molecule has 162 valence electrons. The second-order valence-corrected chi connectivity index (χ2v) is 8.19. The number of aromatic nitrogens is 2. The standard InChI is InChI=1S/C24H24FN7/c25-20-15-19(4-5-21(20)32-12-10-27-11-13-32)30-23-28-9-6-22(31-23)29-18-3-1-2-17(14-18)24(16-26)7-8-24/h1-6,9,14-15,27H,7-8,10-13H2,(H2,28,29,30,31). The molecule has 7 nitrogen and oxygen atoms in total. The molecule has 1 aliphatic carbocycles. The fourth-order valence-corrected chi connectivity index (χ4v) is 4.00. The highest BCUT2D eigenvalue weighted by Gasteiger charge is 2.44. The molecule has 32 heavy (non-hydrogen) atoms. The van der Waals surface area contributed by atoms with Gasteiger partial charge in [-0.1, -0.05) is 12.1 Å². The number of rotatable bonds is 6. The SMILES string of the molecule is N#CC1(c2cccc(Nc3ccnc(Nc4ccc(N5CCNCC5)c(F)c4)n3)c2)CC1. The molecule has 8 heteroatoms. The van der Waals surface area contributed by atoms with Gasteiger partial charge < -0.3 is 20.9 Å². The molecule has 2 heterocycles. The van der Waals surface area contributed by atoms with E-state index in [4.69, 9.17) is 0 Å². The molecule has 0 atom stereocenters. The Kier molecular flexibility index (Phi) is 5.33. The third-order valence-corrected chi connectivity index (χ3v) is 5.97. The van der Waals surface area contributed by atoms with Crippen molar-refractivity contribution in [3.05, 3.63) is 66.1 Å². The van der Waals surface area contributed by atoms with Gasteiger partial charge in [0.05, 0.1) is 17.2 Å². The number of anilines is 5. The van der Waals surface area contributed by atoms with Crippen LogP contribution in [0.5, 0.6) is 0 Å². The summed E-state index contributed by atoms with van der Waals surface area (Å²) >= 11 is 0. The van der Waals surface area contributed by atoms with Crippen molar-refractivity contribution in [1.82, 2.24) is 15.3 Å². The third-order valence-electron chi connectivity index (χ3n) is 5.97. The van der Waals surface area contributed by atoms with Crippen molar-refractivity contribution < 1.29 is 4.39 Å². The van der Waals surface area contributed by atoms with Crippen molar-refractivity contribution in [2.24, 2.45) is 0 Å². The average Bonchev–Trinajstić information content (AvgIpc) is 3.62. The van der Waals surface area contributed by atoms with Gasteiger partial charge in [0.2, 0.25) is 5.95 Å². The Bertz CT molecular complexity index is 1160. The highest BCUT2D eigenvalue weighted by atomic mass is 19.1. The maximum absolute atomic E-state index is 14.7. The summed E-state index contributed by atoms with van der Waals surface area (Å²) in [5.41, 5.74) is 2.75. The molecule has 1 aliphatic heterocycles. The molecule has 1 saturated heterocycles. The summed E-state index contributed by atoms with van der Waals surface area (Å²) in [6.07, 6.45) is 3.45. The lowest BCUT2D eigenvalue weighted by molar-refractivity contribution is 0.566. The normalized spacial score (nSPS) is 16.8. The molecule has 0 amide bonds. The van der Waals surface area contributed by atoms with Gasteiger partial charge in [0, 0.05) is 43.8 Å². The molecular formula is C24H24FN7. The number of nitrogens with one attached hydrogen (secondary N) is 3. The van der Waals surface area contributed by atoms with Crippen LogP contribution in [0.25, 0.3) is 0 Å². The van der Waals surface area contributed by atoms with E-state index in [2.05, 4.69) is 32.0 Å². The zero-order chi connectivity index (χ0) is 22.0. The van der Waals surface area contributed by atoms with Crippen molar-refractivity contribution >= 4 is 28.8 Å². The quantitative estimate of drug-likeness (QED) is 0.544. The first-order valence-electron chi connectivity index (χ1n) is 10.8. The number of nitrogens with zero attached hydrogens (tertiary/aromatic N) is 4. The van der Waals surface area contributed by atoms with Crippen LogP contribution < -0.4 is 20.9 Å². The Morgan fingerprint density at radius 3 is 2.59 bits per heavy atom. The first-order valence-corrected chi connectivity index (χ1v) is 10.8. The molecule has 0 radical (unpaired) electrons. The minimum absolute atomic E-state index is 0.269. The second-order valence-electron chi connectivity index (χ2n) is 8.19. The van der Waals surface area contributed by atoms with Crippen LogP contribution in [0.15, 0.2) is 54.7 Å². The number of halogens is 1.